The number of carbonyl (C=O) groups excluding carboxylic acids is 1. The van der Waals surface area contributed by atoms with Gasteiger partial charge in [0.2, 0.25) is 12.7 Å². The van der Waals surface area contributed by atoms with E-state index in [4.69, 9.17) is 9.47 Å². The van der Waals surface area contributed by atoms with Gasteiger partial charge >= 0.3 is 0 Å². The van der Waals surface area contributed by atoms with E-state index < -0.39 is 0 Å². The van der Waals surface area contributed by atoms with Crippen LogP contribution in [0.5, 0.6) is 11.5 Å². The molecular formula is C27H21BrN2O3. The molecule has 0 saturated carbocycles. The summed E-state index contributed by atoms with van der Waals surface area (Å²) in [5, 5.41) is 1.20. The van der Waals surface area contributed by atoms with E-state index in [-0.39, 0.29) is 18.7 Å². The molecule has 33 heavy (non-hydrogen) atoms. The number of ether oxygens (including phenoxy) is 2. The van der Waals surface area contributed by atoms with Crippen LogP contribution in [0.2, 0.25) is 0 Å². The van der Waals surface area contributed by atoms with Gasteiger partial charge in [0.25, 0.3) is 0 Å². The molecule has 0 spiro atoms. The first kappa shape index (κ1) is 20.1. The molecule has 0 fully saturated rings. The standard InChI is InChI=1S/C27H21BrN2O3/c28-19-8-9-20-21-12-13-30(25(31)11-6-17-4-2-1-3-5-17)27(26(21)29-22(20)15-19)18-7-10-23-24(14-18)33-16-32-23/h1-11,14-15,27,29H,12-13,16H2/b11-6+. The Morgan fingerprint density at radius 3 is 2.76 bits per heavy atom. The Kier molecular flexibility index (Phi) is 4.95. The van der Waals surface area contributed by atoms with Crippen molar-refractivity contribution in [2.45, 2.75) is 12.5 Å². The number of carbonyl (C=O) groups is 1. The van der Waals surface area contributed by atoms with Gasteiger partial charge in [-0.3, -0.25) is 4.79 Å². The molecule has 3 heterocycles. The van der Waals surface area contributed by atoms with Crippen molar-refractivity contribution < 1.29 is 14.3 Å². The first-order valence-electron chi connectivity index (χ1n) is 10.9. The highest BCUT2D eigenvalue weighted by Crippen LogP contribution is 2.42. The van der Waals surface area contributed by atoms with Crippen LogP contribution in [-0.2, 0) is 11.2 Å². The summed E-state index contributed by atoms with van der Waals surface area (Å²) >= 11 is 3.57. The zero-order valence-corrected chi connectivity index (χ0v) is 19.3. The second-order valence-electron chi connectivity index (χ2n) is 8.25. The Labute approximate surface area is 199 Å². The number of aromatic amines is 1. The third-order valence-corrected chi connectivity index (χ3v) is 6.80. The minimum Gasteiger partial charge on any atom is -0.454 e. The van der Waals surface area contributed by atoms with Crippen LogP contribution in [-0.4, -0.2) is 29.1 Å². The average molecular weight is 501 g/mol. The summed E-state index contributed by atoms with van der Waals surface area (Å²) in [5.74, 6) is 1.43. The maximum absolute atomic E-state index is 13.4. The molecule has 1 amide bonds. The summed E-state index contributed by atoms with van der Waals surface area (Å²) in [6, 6.07) is 21.9. The molecule has 0 radical (unpaired) electrons. The molecule has 2 aliphatic heterocycles. The fourth-order valence-electron chi connectivity index (χ4n) is 4.76. The van der Waals surface area contributed by atoms with Crippen LogP contribution in [0.1, 0.15) is 28.4 Å². The number of hydrogen-bond acceptors (Lipinski definition) is 3. The second-order valence-corrected chi connectivity index (χ2v) is 9.16. The summed E-state index contributed by atoms with van der Waals surface area (Å²) in [7, 11) is 0. The predicted octanol–water partition coefficient (Wildman–Crippen LogP) is 5.85. The van der Waals surface area contributed by atoms with E-state index in [2.05, 4.69) is 39.1 Å². The molecule has 164 valence electrons. The first-order chi connectivity index (χ1) is 16.2. The average Bonchev–Trinajstić information content (AvgIpc) is 3.45. The van der Waals surface area contributed by atoms with Crippen LogP contribution in [0, 0.1) is 0 Å². The van der Waals surface area contributed by atoms with E-state index in [1.807, 2.05) is 59.5 Å². The van der Waals surface area contributed by atoms with Crippen molar-refractivity contribution in [3.63, 3.8) is 0 Å². The number of benzene rings is 3. The van der Waals surface area contributed by atoms with E-state index in [1.165, 1.54) is 10.9 Å². The normalized spacial score (nSPS) is 17.0. The second kappa shape index (κ2) is 8.12. The van der Waals surface area contributed by atoms with Crippen molar-refractivity contribution >= 4 is 38.8 Å². The van der Waals surface area contributed by atoms with Gasteiger partial charge < -0.3 is 19.4 Å². The first-order valence-corrected chi connectivity index (χ1v) is 11.7. The van der Waals surface area contributed by atoms with Crippen molar-refractivity contribution in [1.82, 2.24) is 9.88 Å². The summed E-state index contributed by atoms with van der Waals surface area (Å²) in [6.45, 7) is 0.852. The fourth-order valence-corrected chi connectivity index (χ4v) is 5.12. The zero-order valence-electron chi connectivity index (χ0n) is 17.8. The zero-order chi connectivity index (χ0) is 22.4. The van der Waals surface area contributed by atoms with Crippen molar-refractivity contribution in [3.8, 4) is 11.5 Å². The highest BCUT2D eigenvalue weighted by atomic mass is 79.9. The molecule has 1 unspecified atom stereocenters. The Morgan fingerprint density at radius 2 is 1.88 bits per heavy atom. The lowest BCUT2D eigenvalue weighted by Gasteiger charge is -2.35. The quantitative estimate of drug-likeness (QED) is 0.359. The lowest BCUT2D eigenvalue weighted by atomic mass is 9.92. The highest BCUT2D eigenvalue weighted by molar-refractivity contribution is 9.10. The summed E-state index contributed by atoms with van der Waals surface area (Å²) in [6.07, 6.45) is 4.33. The molecule has 1 atom stereocenters. The number of halogens is 1. The van der Waals surface area contributed by atoms with Crippen LogP contribution in [0.3, 0.4) is 0 Å². The Bertz CT molecular complexity index is 1390. The summed E-state index contributed by atoms with van der Waals surface area (Å²) < 4.78 is 12.2. The van der Waals surface area contributed by atoms with E-state index >= 15 is 0 Å². The SMILES string of the molecule is O=C(/C=C/c1ccccc1)N1CCc2c([nH]c3cc(Br)ccc23)C1c1ccc2c(c1)OCO2. The minimum atomic E-state index is -0.248. The maximum Gasteiger partial charge on any atom is 0.247 e. The molecule has 6 heteroatoms. The number of amides is 1. The number of fused-ring (bicyclic) bond motifs is 4. The van der Waals surface area contributed by atoms with E-state index in [1.54, 1.807) is 6.08 Å². The van der Waals surface area contributed by atoms with Crippen LogP contribution in [0.4, 0.5) is 0 Å². The number of nitrogens with one attached hydrogen (secondary N) is 1. The molecule has 4 aromatic rings. The Morgan fingerprint density at radius 1 is 1.03 bits per heavy atom. The monoisotopic (exact) mass is 500 g/mol. The molecule has 5 nitrogen and oxygen atoms in total. The van der Waals surface area contributed by atoms with Gasteiger partial charge in [0.15, 0.2) is 11.5 Å². The van der Waals surface area contributed by atoms with Gasteiger partial charge in [-0.2, -0.15) is 0 Å². The topological polar surface area (TPSA) is 54.6 Å². The van der Waals surface area contributed by atoms with Crippen LogP contribution >= 0.6 is 15.9 Å². The van der Waals surface area contributed by atoms with Crippen LogP contribution in [0.15, 0.2) is 77.3 Å². The third-order valence-electron chi connectivity index (χ3n) is 6.30. The fraction of sp³-hybridized carbons (Fsp3) is 0.148. The molecule has 0 aliphatic carbocycles. The molecular weight excluding hydrogens is 480 g/mol. The lowest BCUT2D eigenvalue weighted by Crippen LogP contribution is -2.39. The summed E-state index contributed by atoms with van der Waals surface area (Å²) in [5.41, 5.74) is 5.37. The highest BCUT2D eigenvalue weighted by Gasteiger charge is 2.34. The van der Waals surface area contributed by atoms with Crippen molar-refractivity contribution in [1.29, 1.82) is 0 Å². The Hall–Kier alpha value is -3.51. The number of nitrogens with zero attached hydrogens (tertiary/aromatic N) is 1. The Balaban J connectivity index is 1.44. The molecule has 1 aromatic heterocycles. The van der Waals surface area contributed by atoms with Crippen molar-refractivity contribution in [2.75, 3.05) is 13.3 Å². The van der Waals surface area contributed by atoms with Crippen LogP contribution in [0.25, 0.3) is 17.0 Å². The van der Waals surface area contributed by atoms with Crippen molar-refractivity contribution in [2.24, 2.45) is 0 Å². The molecule has 0 bridgehead atoms. The van der Waals surface area contributed by atoms with E-state index in [0.29, 0.717) is 12.3 Å². The van der Waals surface area contributed by atoms with Gasteiger partial charge in [-0.15, -0.1) is 0 Å². The minimum absolute atomic E-state index is 0.0213. The number of rotatable bonds is 3. The molecule has 6 rings (SSSR count). The maximum atomic E-state index is 13.4. The molecule has 2 aliphatic rings. The van der Waals surface area contributed by atoms with Gasteiger partial charge in [-0.05, 0) is 53.5 Å². The van der Waals surface area contributed by atoms with Gasteiger partial charge in [0.05, 0.1) is 6.04 Å². The molecule has 1 N–H and O–H groups in total. The van der Waals surface area contributed by atoms with Crippen LogP contribution < -0.4 is 9.47 Å². The molecule has 0 saturated heterocycles. The van der Waals surface area contributed by atoms with Gasteiger partial charge in [0, 0.05) is 33.7 Å². The largest absolute Gasteiger partial charge is 0.454 e. The third kappa shape index (κ3) is 3.60. The molecule has 3 aromatic carbocycles. The van der Waals surface area contributed by atoms with E-state index in [9.17, 15) is 4.79 Å². The predicted molar refractivity (Wildman–Crippen MR) is 131 cm³/mol. The smallest absolute Gasteiger partial charge is 0.247 e. The van der Waals surface area contributed by atoms with Gasteiger partial charge in [-0.25, -0.2) is 0 Å². The number of H-pyrrole nitrogens is 1. The van der Waals surface area contributed by atoms with Gasteiger partial charge in [0.1, 0.15) is 0 Å². The number of hydrogen-bond donors (Lipinski definition) is 1. The lowest BCUT2D eigenvalue weighted by molar-refractivity contribution is -0.128. The van der Waals surface area contributed by atoms with Gasteiger partial charge in [-0.1, -0.05) is 58.4 Å². The summed E-state index contributed by atoms with van der Waals surface area (Å²) in [4.78, 5) is 19.0. The number of aromatic nitrogens is 1. The van der Waals surface area contributed by atoms with E-state index in [0.717, 1.165) is 39.0 Å². The van der Waals surface area contributed by atoms with Crippen molar-refractivity contribution in [3.05, 3.63) is 99.7 Å².